The third kappa shape index (κ3) is 44.6. The molecule has 348 valence electrons. The Hall–Kier alpha value is -1.28. The van der Waals surface area contributed by atoms with Crippen LogP contribution in [-0.2, 0) is 18.4 Å². The summed E-state index contributed by atoms with van der Waals surface area (Å²) in [5.41, 5.74) is 0. The summed E-state index contributed by atoms with van der Waals surface area (Å²) in [6.45, 7) is 4.79. The van der Waals surface area contributed by atoms with E-state index in [2.05, 4.69) is 43.5 Å². The number of unbranched alkanes of at least 4 members (excludes halogenated alkanes) is 28. The number of nitrogens with one attached hydrogen (secondary N) is 1. The second kappa shape index (κ2) is 42.0. The minimum atomic E-state index is -4.35. The summed E-state index contributed by atoms with van der Waals surface area (Å²) in [7, 11) is 1.55. The van der Waals surface area contributed by atoms with Gasteiger partial charge in [-0.25, -0.2) is 4.57 Å². The number of likely N-dealkylation sites (N-methyl/N-ethyl adjacent to an activating group) is 1. The van der Waals surface area contributed by atoms with E-state index < -0.39 is 20.0 Å². The Morgan fingerprint density at radius 2 is 0.932 bits per heavy atom. The van der Waals surface area contributed by atoms with Crippen LogP contribution in [0, 0.1) is 0 Å². The first kappa shape index (κ1) is 57.7. The largest absolute Gasteiger partial charge is 0.472 e. The van der Waals surface area contributed by atoms with Crippen LogP contribution in [0.2, 0.25) is 0 Å². The molecule has 8 nitrogen and oxygen atoms in total. The van der Waals surface area contributed by atoms with Gasteiger partial charge < -0.3 is 19.8 Å². The van der Waals surface area contributed by atoms with E-state index in [1.165, 1.54) is 161 Å². The number of aliphatic hydroxyl groups excluding tert-OH is 1. The lowest BCUT2D eigenvalue weighted by molar-refractivity contribution is -0.870. The molecule has 1 amide bonds. The maximum absolute atomic E-state index is 12.9. The normalized spacial score (nSPS) is 14.5. The van der Waals surface area contributed by atoms with Gasteiger partial charge in [-0.2, -0.15) is 0 Å². The van der Waals surface area contributed by atoms with Crippen LogP contribution in [0.4, 0.5) is 0 Å². The highest BCUT2D eigenvalue weighted by atomic mass is 31.2. The van der Waals surface area contributed by atoms with Crippen LogP contribution in [0.25, 0.3) is 0 Å². The summed E-state index contributed by atoms with van der Waals surface area (Å²) < 4.78 is 23.6. The van der Waals surface area contributed by atoms with Gasteiger partial charge in [0.05, 0.1) is 39.9 Å². The van der Waals surface area contributed by atoms with E-state index >= 15 is 0 Å². The Balaban J connectivity index is 4.31. The summed E-state index contributed by atoms with van der Waals surface area (Å²) in [6, 6.07) is -0.866. The van der Waals surface area contributed by atoms with Crippen molar-refractivity contribution in [3.63, 3.8) is 0 Å². The SMILES string of the molecule is CCCCCCC/C=C/CC/C=C/CC/C=C/C(O)C(COP(=O)(O)OCC[N+](C)(C)C)NC(=O)CCCCCCCCCCCCCCCCCCCCCCCC. The topological polar surface area (TPSA) is 105 Å². The number of hydrogen-bond donors (Lipinski definition) is 3. The molecular formula is C50H98N2O6P+. The number of carbonyl (C=O) groups is 1. The molecule has 0 spiro atoms. The summed E-state index contributed by atoms with van der Waals surface area (Å²) in [5.74, 6) is -0.189. The van der Waals surface area contributed by atoms with Gasteiger partial charge in [-0.3, -0.25) is 13.8 Å². The number of phosphoric acid groups is 1. The van der Waals surface area contributed by atoms with Crippen molar-refractivity contribution in [3.05, 3.63) is 36.5 Å². The molecule has 9 heteroatoms. The van der Waals surface area contributed by atoms with E-state index in [1.807, 2.05) is 27.2 Å². The van der Waals surface area contributed by atoms with Crippen molar-refractivity contribution < 1.29 is 32.9 Å². The minimum absolute atomic E-state index is 0.0548. The lowest BCUT2D eigenvalue weighted by Crippen LogP contribution is -2.45. The number of rotatable bonds is 45. The fourth-order valence-electron chi connectivity index (χ4n) is 7.13. The molecule has 0 aliphatic carbocycles. The maximum Gasteiger partial charge on any atom is 0.472 e. The van der Waals surface area contributed by atoms with E-state index in [0.717, 1.165) is 44.9 Å². The van der Waals surface area contributed by atoms with Gasteiger partial charge in [0.25, 0.3) is 0 Å². The van der Waals surface area contributed by atoms with Crippen LogP contribution in [-0.4, -0.2) is 73.4 Å². The molecule has 0 heterocycles. The molecule has 0 bridgehead atoms. The molecule has 3 N–H and O–H groups in total. The number of aliphatic hydroxyl groups is 1. The molecule has 0 aromatic heterocycles. The molecule has 0 aromatic carbocycles. The molecular weight excluding hydrogens is 756 g/mol. The molecule has 0 aromatic rings. The minimum Gasteiger partial charge on any atom is -0.387 e. The summed E-state index contributed by atoms with van der Waals surface area (Å²) in [6.07, 6.45) is 52.3. The highest BCUT2D eigenvalue weighted by molar-refractivity contribution is 7.47. The van der Waals surface area contributed by atoms with Crippen molar-refractivity contribution in [2.75, 3.05) is 40.9 Å². The van der Waals surface area contributed by atoms with E-state index in [-0.39, 0.29) is 19.1 Å². The zero-order valence-corrected chi connectivity index (χ0v) is 40.4. The van der Waals surface area contributed by atoms with Gasteiger partial charge in [-0.1, -0.05) is 211 Å². The van der Waals surface area contributed by atoms with Gasteiger partial charge in [0, 0.05) is 6.42 Å². The number of quaternary nitrogens is 1. The molecule has 0 saturated carbocycles. The van der Waals surface area contributed by atoms with Crippen molar-refractivity contribution in [1.29, 1.82) is 0 Å². The number of amides is 1. The van der Waals surface area contributed by atoms with E-state index in [1.54, 1.807) is 6.08 Å². The number of nitrogens with zero attached hydrogens (tertiary/aromatic N) is 1. The van der Waals surface area contributed by atoms with Crippen LogP contribution in [0.3, 0.4) is 0 Å². The van der Waals surface area contributed by atoms with Gasteiger partial charge in [0.1, 0.15) is 13.2 Å². The average molecular weight is 854 g/mol. The highest BCUT2D eigenvalue weighted by Crippen LogP contribution is 2.43. The molecule has 59 heavy (non-hydrogen) atoms. The Bertz CT molecular complexity index is 1060. The molecule has 0 saturated heterocycles. The second-order valence-corrected chi connectivity index (χ2v) is 19.6. The van der Waals surface area contributed by atoms with Crippen LogP contribution in [0.1, 0.15) is 226 Å². The quantitative estimate of drug-likeness (QED) is 0.0244. The fourth-order valence-corrected chi connectivity index (χ4v) is 7.87. The van der Waals surface area contributed by atoms with Crippen molar-refractivity contribution in [2.45, 2.75) is 238 Å². The fraction of sp³-hybridized carbons (Fsp3) is 0.860. The van der Waals surface area contributed by atoms with Crippen molar-refractivity contribution in [2.24, 2.45) is 0 Å². The van der Waals surface area contributed by atoms with E-state index in [4.69, 9.17) is 9.05 Å². The first-order chi connectivity index (χ1) is 28.5. The lowest BCUT2D eigenvalue weighted by Gasteiger charge is -2.25. The number of carbonyl (C=O) groups excluding carboxylic acids is 1. The zero-order chi connectivity index (χ0) is 43.6. The molecule has 0 aliphatic heterocycles. The summed E-state index contributed by atoms with van der Waals surface area (Å²) in [5, 5.41) is 13.8. The predicted molar refractivity (Wildman–Crippen MR) is 254 cm³/mol. The standard InChI is InChI=1S/C50H97N2O6P/c1-6-8-10-12-14-16-18-20-22-23-24-25-26-27-28-30-32-34-36-38-40-42-44-50(54)51-48(47-58-59(55,56)57-46-45-52(3,4)5)49(53)43-41-39-37-35-33-31-29-21-19-17-15-13-11-9-7-2/h19,21,33,35,41,43,48-49,53H,6-18,20,22-32,34,36-40,42,44-47H2,1-5H3,(H-,51,54,55,56)/p+1/b21-19+,35-33+,43-41+. The predicted octanol–water partition coefficient (Wildman–Crippen LogP) is 14.3. The Labute approximate surface area is 366 Å². The molecule has 0 aliphatic rings. The Morgan fingerprint density at radius 3 is 1.36 bits per heavy atom. The lowest BCUT2D eigenvalue weighted by atomic mass is 10.0. The van der Waals surface area contributed by atoms with Crippen molar-refractivity contribution >= 4 is 13.7 Å². The molecule has 0 rings (SSSR count). The van der Waals surface area contributed by atoms with Crippen molar-refractivity contribution in [3.8, 4) is 0 Å². The number of allylic oxidation sites excluding steroid dienone is 5. The molecule has 3 atom stereocenters. The molecule has 3 unspecified atom stereocenters. The highest BCUT2D eigenvalue weighted by Gasteiger charge is 2.27. The van der Waals surface area contributed by atoms with Gasteiger partial charge in [-0.15, -0.1) is 0 Å². The number of hydrogen-bond acceptors (Lipinski definition) is 5. The maximum atomic E-state index is 12.9. The van der Waals surface area contributed by atoms with Crippen LogP contribution in [0.5, 0.6) is 0 Å². The third-order valence-electron chi connectivity index (χ3n) is 11.1. The average Bonchev–Trinajstić information content (AvgIpc) is 3.19. The van der Waals surface area contributed by atoms with E-state index in [0.29, 0.717) is 17.4 Å². The van der Waals surface area contributed by atoms with Gasteiger partial charge in [0.15, 0.2) is 0 Å². The van der Waals surface area contributed by atoms with Gasteiger partial charge in [0.2, 0.25) is 5.91 Å². The summed E-state index contributed by atoms with van der Waals surface area (Å²) in [4.78, 5) is 23.2. The van der Waals surface area contributed by atoms with E-state index in [9.17, 15) is 19.4 Å². The Kier molecular flexibility index (Phi) is 41.1. The van der Waals surface area contributed by atoms with Gasteiger partial charge in [-0.05, 0) is 44.9 Å². The van der Waals surface area contributed by atoms with Crippen LogP contribution >= 0.6 is 7.82 Å². The monoisotopic (exact) mass is 854 g/mol. The smallest absolute Gasteiger partial charge is 0.387 e. The Morgan fingerprint density at radius 1 is 0.559 bits per heavy atom. The van der Waals surface area contributed by atoms with Crippen molar-refractivity contribution in [1.82, 2.24) is 5.32 Å². The van der Waals surface area contributed by atoms with Crippen LogP contribution < -0.4 is 5.32 Å². The summed E-state index contributed by atoms with van der Waals surface area (Å²) >= 11 is 0. The third-order valence-corrected chi connectivity index (χ3v) is 12.1. The number of phosphoric ester groups is 1. The van der Waals surface area contributed by atoms with Crippen LogP contribution in [0.15, 0.2) is 36.5 Å². The second-order valence-electron chi connectivity index (χ2n) is 18.2. The molecule has 0 fully saturated rings. The molecule has 0 radical (unpaired) electrons. The van der Waals surface area contributed by atoms with Gasteiger partial charge >= 0.3 is 7.82 Å². The first-order valence-electron chi connectivity index (χ1n) is 24.9. The first-order valence-corrected chi connectivity index (χ1v) is 26.4. The zero-order valence-electron chi connectivity index (χ0n) is 39.5.